The van der Waals surface area contributed by atoms with Crippen molar-refractivity contribution < 1.29 is 9.90 Å². The number of phenols is 1. The summed E-state index contributed by atoms with van der Waals surface area (Å²) < 4.78 is 0. The second-order valence-electron chi connectivity index (χ2n) is 3.46. The zero-order valence-corrected chi connectivity index (χ0v) is 7.58. The Balaban J connectivity index is 2.55. The van der Waals surface area contributed by atoms with Crippen LogP contribution >= 0.6 is 0 Å². The number of hydrogen-bond donors (Lipinski definition) is 1. The van der Waals surface area contributed by atoms with E-state index in [0.717, 1.165) is 11.1 Å². The number of nitrogens with zero attached hydrogens (tertiary/aromatic N) is 1. The fourth-order valence-corrected chi connectivity index (χ4v) is 1.79. The Bertz CT molecular complexity index is 443. The summed E-state index contributed by atoms with van der Waals surface area (Å²) in [6.45, 7) is 0. The van der Waals surface area contributed by atoms with Gasteiger partial charge < -0.3 is 5.11 Å². The normalized spacial score (nSPS) is 14.6. The van der Waals surface area contributed by atoms with Crippen LogP contribution in [-0.4, -0.2) is 10.9 Å². The molecule has 1 aliphatic carbocycles. The Morgan fingerprint density at radius 3 is 2.86 bits per heavy atom. The van der Waals surface area contributed by atoms with Crippen molar-refractivity contribution in [2.45, 2.75) is 19.3 Å². The molecule has 14 heavy (non-hydrogen) atoms. The lowest BCUT2D eigenvalue weighted by molar-refractivity contribution is -0.118. The fraction of sp³-hybridized carbons (Fsp3) is 0.273. The first-order valence-corrected chi connectivity index (χ1v) is 4.47. The van der Waals surface area contributed by atoms with E-state index in [2.05, 4.69) is 0 Å². The lowest BCUT2D eigenvalue weighted by Crippen LogP contribution is -2.13. The molecule has 1 aromatic rings. The molecule has 1 N–H and O–H groups in total. The first-order chi connectivity index (χ1) is 6.70. The van der Waals surface area contributed by atoms with Gasteiger partial charge in [-0.15, -0.1) is 0 Å². The molecule has 0 fully saturated rings. The summed E-state index contributed by atoms with van der Waals surface area (Å²) in [5.41, 5.74) is 2.04. The zero-order chi connectivity index (χ0) is 10.1. The lowest BCUT2D eigenvalue weighted by atomic mass is 9.89. The second kappa shape index (κ2) is 3.15. The van der Waals surface area contributed by atoms with Gasteiger partial charge in [0.1, 0.15) is 11.5 Å². The second-order valence-corrected chi connectivity index (χ2v) is 3.46. The fourth-order valence-electron chi connectivity index (χ4n) is 1.79. The molecule has 0 bridgehead atoms. The van der Waals surface area contributed by atoms with Gasteiger partial charge in [0.05, 0.1) is 11.6 Å². The number of aromatic hydroxyl groups is 1. The Labute approximate surface area is 81.6 Å². The maximum atomic E-state index is 11.2. The molecule has 3 nitrogen and oxygen atoms in total. The molecule has 1 aliphatic rings. The van der Waals surface area contributed by atoms with Gasteiger partial charge in [0, 0.05) is 12.8 Å². The van der Waals surface area contributed by atoms with E-state index in [-0.39, 0.29) is 11.5 Å². The summed E-state index contributed by atoms with van der Waals surface area (Å²) >= 11 is 0. The minimum absolute atomic E-state index is 0.145. The van der Waals surface area contributed by atoms with Crippen molar-refractivity contribution in [2.24, 2.45) is 0 Å². The van der Waals surface area contributed by atoms with Crippen LogP contribution in [0, 0.1) is 11.3 Å². The molecule has 0 saturated carbocycles. The molecule has 0 saturated heterocycles. The minimum atomic E-state index is 0.145. The molecular weight excluding hydrogens is 178 g/mol. The van der Waals surface area contributed by atoms with Gasteiger partial charge in [-0.2, -0.15) is 5.26 Å². The van der Waals surface area contributed by atoms with E-state index >= 15 is 0 Å². The van der Waals surface area contributed by atoms with Gasteiger partial charge in [0.25, 0.3) is 0 Å². The highest BCUT2D eigenvalue weighted by Gasteiger charge is 2.19. The zero-order valence-electron chi connectivity index (χ0n) is 7.58. The van der Waals surface area contributed by atoms with Crippen LogP contribution < -0.4 is 0 Å². The van der Waals surface area contributed by atoms with Crippen molar-refractivity contribution in [1.82, 2.24) is 0 Å². The third-order valence-corrected chi connectivity index (χ3v) is 2.49. The molecule has 0 atom stereocenters. The van der Waals surface area contributed by atoms with Crippen LogP contribution in [0.25, 0.3) is 0 Å². The van der Waals surface area contributed by atoms with Gasteiger partial charge in [0.2, 0.25) is 0 Å². The third kappa shape index (κ3) is 1.35. The van der Waals surface area contributed by atoms with Crippen molar-refractivity contribution in [3.05, 3.63) is 28.8 Å². The van der Waals surface area contributed by atoms with E-state index in [1.54, 1.807) is 6.07 Å². The molecule has 70 valence electrons. The van der Waals surface area contributed by atoms with Crippen LogP contribution in [0.2, 0.25) is 0 Å². The number of carbonyl (C=O) groups is 1. The number of Topliss-reactive ketones (excluding diaryl/α,β-unsaturated/α-hetero) is 1. The largest absolute Gasteiger partial charge is 0.508 e. The Morgan fingerprint density at radius 2 is 2.14 bits per heavy atom. The summed E-state index contributed by atoms with van der Waals surface area (Å²) in [6.07, 6.45) is 1.43. The van der Waals surface area contributed by atoms with Gasteiger partial charge in [0.15, 0.2) is 0 Å². The Hall–Kier alpha value is -1.82. The molecule has 0 heterocycles. The van der Waals surface area contributed by atoms with Crippen LogP contribution in [-0.2, 0) is 17.6 Å². The van der Waals surface area contributed by atoms with Crippen LogP contribution in [0.4, 0.5) is 0 Å². The van der Waals surface area contributed by atoms with E-state index < -0.39 is 0 Å². The minimum Gasteiger partial charge on any atom is -0.508 e. The SMILES string of the molecule is N#Cc1cc(O)c2c(c1)CC(=O)CC2. The number of ketones is 1. The summed E-state index contributed by atoms with van der Waals surface area (Å²) in [7, 11) is 0. The first kappa shape index (κ1) is 8.76. The number of benzene rings is 1. The Morgan fingerprint density at radius 1 is 1.36 bits per heavy atom. The molecule has 1 aromatic carbocycles. The highest BCUT2D eigenvalue weighted by molar-refractivity contribution is 5.83. The van der Waals surface area contributed by atoms with E-state index in [4.69, 9.17) is 5.26 Å². The van der Waals surface area contributed by atoms with Crippen molar-refractivity contribution in [2.75, 3.05) is 0 Å². The van der Waals surface area contributed by atoms with Crippen LogP contribution in [0.5, 0.6) is 5.75 Å². The van der Waals surface area contributed by atoms with Crippen molar-refractivity contribution in [1.29, 1.82) is 5.26 Å². The summed E-state index contributed by atoms with van der Waals surface area (Å²) in [5.74, 6) is 0.318. The number of rotatable bonds is 0. The summed E-state index contributed by atoms with van der Waals surface area (Å²) in [4.78, 5) is 11.2. The third-order valence-electron chi connectivity index (χ3n) is 2.49. The van der Waals surface area contributed by atoms with Gasteiger partial charge in [-0.05, 0) is 29.7 Å². The predicted octanol–water partition coefficient (Wildman–Crippen LogP) is 1.32. The van der Waals surface area contributed by atoms with Crippen molar-refractivity contribution >= 4 is 5.78 Å². The molecule has 2 rings (SSSR count). The lowest BCUT2D eigenvalue weighted by Gasteiger charge is -2.16. The van der Waals surface area contributed by atoms with Crippen LogP contribution in [0.15, 0.2) is 12.1 Å². The van der Waals surface area contributed by atoms with E-state index in [9.17, 15) is 9.90 Å². The smallest absolute Gasteiger partial charge is 0.137 e. The quantitative estimate of drug-likeness (QED) is 0.666. The van der Waals surface area contributed by atoms with Crippen LogP contribution in [0.3, 0.4) is 0 Å². The maximum Gasteiger partial charge on any atom is 0.137 e. The first-order valence-electron chi connectivity index (χ1n) is 4.47. The molecule has 3 heteroatoms. The number of hydrogen-bond acceptors (Lipinski definition) is 3. The van der Waals surface area contributed by atoms with E-state index in [1.165, 1.54) is 6.07 Å². The topological polar surface area (TPSA) is 61.1 Å². The highest BCUT2D eigenvalue weighted by Crippen LogP contribution is 2.28. The molecule has 0 amide bonds. The van der Waals surface area contributed by atoms with E-state index in [0.29, 0.717) is 24.8 Å². The number of phenolic OH excluding ortho intramolecular Hbond substituents is 1. The predicted molar refractivity (Wildman–Crippen MR) is 49.9 cm³/mol. The van der Waals surface area contributed by atoms with Gasteiger partial charge in [-0.25, -0.2) is 0 Å². The monoisotopic (exact) mass is 187 g/mol. The Kier molecular flexibility index (Phi) is 1.97. The van der Waals surface area contributed by atoms with E-state index in [1.807, 2.05) is 6.07 Å². The maximum absolute atomic E-state index is 11.2. The van der Waals surface area contributed by atoms with Gasteiger partial charge in [-0.1, -0.05) is 0 Å². The standard InChI is InChI=1S/C11H9NO2/c12-6-7-3-8-5-9(13)1-2-10(8)11(14)4-7/h3-4,14H,1-2,5H2. The number of nitriles is 1. The van der Waals surface area contributed by atoms with Crippen molar-refractivity contribution in [3.8, 4) is 11.8 Å². The van der Waals surface area contributed by atoms with Gasteiger partial charge >= 0.3 is 0 Å². The molecule has 0 unspecified atom stereocenters. The average Bonchev–Trinajstić information content (AvgIpc) is 2.16. The summed E-state index contributed by atoms with van der Waals surface area (Å²) in [5, 5.41) is 18.3. The molecular formula is C11H9NO2. The number of fused-ring (bicyclic) bond motifs is 1. The molecule has 0 aromatic heterocycles. The highest BCUT2D eigenvalue weighted by atomic mass is 16.3. The van der Waals surface area contributed by atoms with Gasteiger partial charge in [-0.3, -0.25) is 4.79 Å². The number of carbonyl (C=O) groups excluding carboxylic acids is 1. The van der Waals surface area contributed by atoms with Crippen LogP contribution in [0.1, 0.15) is 23.1 Å². The molecule has 0 spiro atoms. The summed E-state index contributed by atoms with van der Waals surface area (Å²) in [6, 6.07) is 5.10. The molecule has 0 radical (unpaired) electrons. The van der Waals surface area contributed by atoms with Crippen molar-refractivity contribution in [3.63, 3.8) is 0 Å². The average molecular weight is 187 g/mol. The molecule has 0 aliphatic heterocycles.